The van der Waals surface area contributed by atoms with Crippen LogP contribution in [-0.2, 0) is 27.2 Å². The molecule has 2 unspecified atom stereocenters. The molecule has 0 radical (unpaired) electrons. The van der Waals surface area contributed by atoms with Crippen LogP contribution in [0.3, 0.4) is 0 Å². The average molecular weight is 709 g/mol. The van der Waals surface area contributed by atoms with Crippen molar-refractivity contribution in [3.05, 3.63) is 119 Å². The number of aromatic hydroxyl groups is 1. The van der Waals surface area contributed by atoms with Crippen LogP contribution in [0.1, 0.15) is 66.2 Å². The highest BCUT2D eigenvalue weighted by Crippen LogP contribution is 2.41. The van der Waals surface area contributed by atoms with Crippen LogP contribution in [0.15, 0.2) is 90.7 Å². The van der Waals surface area contributed by atoms with Gasteiger partial charge in [0.15, 0.2) is 17.3 Å². The van der Waals surface area contributed by atoms with Crippen molar-refractivity contribution < 1.29 is 48.3 Å². The van der Waals surface area contributed by atoms with Gasteiger partial charge in [-0.25, -0.2) is 0 Å². The smallest absolute Gasteiger partial charge is 0.220 e. The number of ketones is 3. The highest BCUT2D eigenvalue weighted by Gasteiger charge is 2.37. The van der Waals surface area contributed by atoms with Gasteiger partial charge in [0.2, 0.25) is 5.78 Å². The number of allylic oxidation sites excluding steroid dienone is 4. The quantitative estimate of drug-likeness (QED) is 0.141. The van der Waals surface area contributed by atoms with Crippen molar-refractivity contribution in [1.29, 1.82) is 0 Å². The molecular formula is C42H44O10. The molecule has 52 heavy (non-hydrogen) atoms. The van der Waals surface area contributed by atoms with Crippen LogP contribution >= 0.6 is 0 Å². The third-order valence-corrected chi connectivity index (χ3v) is 9.23. The Hall–Kier alpha value is -5.61. The third-order valence-electron chi connectivity index (χ3n) is 9.23. The normalized spacial score (nSPS) is 18.4. The monoisotopic (exact) mass is 708 g/mol. The molecule has 2 heterocycles. The zero-order valence-electron chi connectivity index (χ0n) is 30.4. The summed E-state index contributed by atoms with van der Waals surface area (Å²) >= 11 is 0. The summed E-state index contributed by atoms with van der Waals surface area (Å²) in [6.45, 7) is 11.3. The summed E-state index contributed by atoms with van der Waals surface area (Å²) in [4.78, 5) is 37.1. The van der Waals surface area contributed by atoms with Crippen molar-refractivity contribution in [2.75, 3.05) is 21.3 Å². The minimum Gasteiger partial charge on any atom is -0.507 e. The Morgan fingerprint density at radius 3 is 2.29 bits per heavy atom. The molecule has 2 N–H and O–H groups in total. The Balaban J connectivity index is 0.000000217. The molecule has 0 fully saturated rings. The van der Waals surface area contributed by atoms with E-state index >= 15 is 0 Å². The van der Waals surface area contributed by atoms with Gasteiger partial charge in [-0.05, 0) is 81.3 Å². The summed E-state index contributed by atoms with van der Waals surface area (Å²) in [5.74, 6) is 1.25. The van der Waals surface area contributed by atoms with Crippen LogP contribution in [-0.4, -0.2) is 66.2 Å². The minimum atomic E-state index is -0.758. The van der Waals surface area contributed by atoms with E-state index in [0.717, 1.165) is 16.9 Å². The highest BCUT2D eigenvalue weighted by molar-refractivity contribution is 6.19. The Kier molecular flexibility index (Phi) is 10.8. The van der Waals surface area contributed by atoms with E-state index in [2.05, 4.69) is 6.58 Å². The molecule has 0 amide bonds. The number of phenolic OH excluding ortho intramolecular Hbond substituents is 1. The second-order valence-corrected chi connectivity index (χ2v) is 13.7. The Morgan fingerprint density at radius 1 is 0.942 bits per heavy atom. The zero-order chi connectivity index (χ0) is 38.0. The number of benzene rings is 3. The van der Waals surface area contributed by atoms with Crippen molar-refractivity contribution in [2.45, 2.75) is 63.8 Å². The van der Waals surface area contributed by atoms with Crippen LogP contribution in [0.5, 0.6) is 28.7 Å². The molecule has 10 nitrogen and oxygen atoms in total. The number of fused-ring (bicyclic) bond motifs is 2. The number of methoxy groups -OCH3 is 3. The van der Waals surface area contributed by atoms with Crippen LogP contribution in [0.2, 0.25) is 0 Å². The first kappa shape index (κ1) is 37.6. The molecular weight excluding hydrogens is 664 g/mol. The van der Waals surface area contributed by atoms with Crippen LogP contribution in [0, 0.1) is 0 Å². The lowest BCUT2D eigenvalue weighted by Crippen LogP contribution is -2.46. The predicted octanol–water partition coefficient (Wildman–Crippen LogP) is 6.66. The standard InChI is InChI=1S/C25H28O6.C17H16O4/c1-24(2)9-8-16-20(30-24)7-6-14(23(16)29-5)11-18(26)17-10-15-12-22(28)25(3,4)31-21(15)13-19(17)27;1-4-13(11-5-7-12(20-2)8-6-11)14-9-16(19)17(21-3)10-15(14)18/h6-10,13,22,27-28H,11-12H2,1-5H3;4-10,13H,1H2,2-3H3. The molecule has 10 heteroatoms. The first-order valence-corrected chi connectivity index (χ1v) is 16.8. The van der Waals surface area contributed by atoms with E-state index in [9.17, 15) is 24.6 Å². The van der Waals surface area contributed by atoms with Crippen molar-refractivity contribution in [3.63, 3.8) is 0 Å². The second-order valence-electron chi connectivity index (χ2n) is 13.7. The molecule has 3 aromatic carbocycles. The van der Waals surface area contributed by atoms with Gasteiger partial charge in [0.05, 0.1) is 38.6 Å². The number of aliphatic hydroxyl groups is 1. The Bertz CT molecular complexity index is 2000. The lowest BCUT2D eigenvalue weighted by molar-refractivity contribution is -0.117. The molecule has 3 aliphatic rings. The van der Waals surface area contributed by atoms with Crippen LogP contribution in [0.4, 0.5) is 0 Å². The van der Waals surface area contributed by atoms with Crippen LogP contribution in [0.25, 0.3) is 6.08 Å². The number of hydrogen-bond acceptors (Lipinski definition) is 10. The van der Waals surface area contributed by atoms with Crippen molar-refractivity contribution in [1.82, 2.24) is 0 Å². The van der Waals surface area contributed by atoms with Gasteiger partial charge in [0, 0.05) is 42.0 Å². The molecule has 1 aliphatic carbocycles. The van der Waals surface area contributed by atoms with Gasteiger partial charge in [-0.15, -0.1) is 6.58 Å². The van der Waals surface area contributed by atoms with Gasteiger partial charge in [-0.2, -0.15) is 0 Å². The first-order valence-electron chi connectivity index (χ1n) is 16.8. The van der Waals surface area contributed by atoms with E-state index in [1.807, 2.05) is 50.3 Å². The number of aliphatic hydroxyl groups excluding tert-OH is 1. The number of Topliss-reactive ketones (excluding diaryl/α,β-unsaturated/α-hetero) is 1. The van der Waals surface area contributed by atoms with E-state index in [1.54, 1.807) is 52.3 Å². The van der Waals surface area contributed by atoms with E-state index in [1.165, 1.54) is 25.3 Å². The number of carbonyl (C=O) groups is 3. The molecule has 0 aromatic heterocycles. The summed E-state index contributed by atoms with van der Waals surface area (Å²) in [6, 6.07) is 14.0. The summed E-state index contributed by atoms with van der Waals surface area (Å²) in [5, 5.41) is 20.8. The van der Waals surface area contributed by atoms with Crippen molar-refractivity contribution >= 4 is 23.4 Å². The maximum atomic E-state index is 13.1. The molecule has 6 rings (SSSR count). The fourth-order valence-corrected chi connectivity index (χ4v) is 6.23. The lowest BCUT2D eigenvalue weighted by Gasteiger charge is -2.37. The van der Waals surface area contributed by atoms with Gasteiger partial charge in [-0.3, -0.25) is 14.4 Å². The second kappa shape index (κ2) is 14.9. The molecule has 2 atom stereocenters. The lowest BCUT2D eigenvalue weighted by atomic mass is 9.85. The first-order chi connectivity index (χ1) is 24.6. The highest BCUT2D eigenvalue weighted by atomic mass is 16.5. The average Bonchev–Trinajstić information content (AvgIpc) is 3.10. The molecule has 2 aliphatic heterocycles. The SMILES string of the molecule is C=CC(C1=CC(=O)C(OC)=CC1=O)c1ccc(OC)cc1.COc1c(CC(=O)c2cc3c(cc2O)OC(C)(C)C(O)C3)ccc2c1C=CC(C)(C)O2. The maximum absolute atomic E-state index is 13.1. The predicted molar refractivity (Wildman–Crippen MR) is 196 cm³/mol. The third kappa shape index (κ3) is 7.82. The van der Waals surface area contributed by atoms with E-state index in [-0.39, 0.29) is 46.8 Å². The summed E-state index contributed by atoms with van der Waals surface area (Å²) in [5.41, 5.74) is 2.48. The maximum Gasteiger partial charge on any atom is 0.220 e. The fourth-order valence-electron chi connectivity index (χ4n) is 6.23. The van der Waals surface area contributed by atoms with Gasteiger partial charge in [0.1, 0.15) is 39.9 Å². The number of carbonyl (C=O) groups excluding carboxylic acids is 3. The van der Waals surface area contributed by atoms with Gasteiger partial charge in [-0.1, -0.05) is 24.3 Å². The fraction of sp³-hybridized carbons (Fsp3) is 0.310. The Morgan fingerprint density at radius 2 is 1.65 bits per heavy atom. The van der Waals surface area contributed by atoms with Gasteiger partial charge in [0.25, 0.3) is 0 Å². The zero-order valence-corrected chi connectivity index (χ0v) is 30.4. The van der Waals surface area contributed by atoms with Crippen molar-refractivity contribution in [3.8, 4) is 28.7 Å². The number of rotatable bonds is 9. The number of hydrogen-bond donors (Lipinski definition) is 2. The van der Waals surface area contributed by atoms with Gasteiger partial charge < -0.3 is 33.9 Å². The Labute approximate surface area is 303 Å². The topological polar surface area (TPSA) is 138 Å². The van der Waals surface area contributed by atoms with E-state index < -0.39 is 17.3 Å². The van der Waals surface area contributed by atoms with E-state index in [0.29, 0.717) is 40.4 Å². The summed E-state index contributed by atoms with van der Waals surface area (Å²) < 4.78 is 27.4. The number of ether oxygens (including phenoxy) is 5. The molecule has 0 bridgehead atoms. The minimum absolute atomic E-state index is 0.0505. The molecule has 0 saturated heterocycles. The molecule has 3 aromatic rings. The van der Waals surface area contributed by atoms with E-state index in [4.69, 9.17) is 23.7 Å². The summed E-state index contributed by atoms with van der Waals surface area (Å²) in [7, 11) is 4.52. The molecule has 0 spiro atoms. The van der Waals surface area contributed by atoms with Crippen LogP contribution < -0.4 is 18.9 Å². The molecule has 0 saturated carbocycles. The summed E-state index contributed by atoms with van der Waals surface area (Å²) in [6.07, 6.45) is 7.77. The van der Waals surface area contributed by atoms with Gasteiger partial charge >= 0.3 is 0 Å². The largest absolute Gasteiger partial charge is 0.507 e. The van der Waals surface area contributed by atoms with Crippen molar-refractivity contribution in [2.24, 2.45) is 0 Å². The number of phenols is 1. The molecule has 272 valence electrons.